The largest absolute Gasteiger partial charge is 0.369 e. The van der Waals surface area contributed by atoms with Gasteiger partial charge in [0.25, 0.3) is 5.56 Å². The summed E-state index contributed by atoms with van der Waals surface area (Å²) in [6.07, 6.45) is 4.56. The highest BCUT2D eigenvalue weighted by Gasteiger charge is 2.35. The molecule has 0 spiro atoms. The average Bonchev–Trinajstić information content (AvgIpc) is 2.56. The van der Waals surface area contributed by atoms with E-state index >= 15 is 0 Å². The van der Waals surface area contributed by atoms with Crippen LogP contribution in [-0.4, -0.2) is 40.0 Å². The maximum absolute atomic E-state index is 12.6. The molecule has 1 fully saturated rings. The van der Waals surface area contributed by atoms with Crippen LogP contribution in [-0.2, 0) is 11.3 Å². The zero-order valence-corrected chi connectivity index (χ0v) is 13.4. The lowest BCUT2D eigenvalue weighted by Crippen LogP contribution is -2.49. The number of nitrogens with two attached hydrogens (primary N) is 1. The van der Waals surface area contributed by atoms with E-state index in [9.17, 15) is 9.59 Å². The van der Waals surface area contributed by atoms with Gasteiger partial charge in [0.05, 0.1) is 6.54 Å². The summed E-state index contributed by atoms with van der Waals surface area (Å²) in [6.45, 7) is 2.61. The third-order valence-electron chi connectivity index (χ3n) is 5.01. The summed E-state index contributed by atoms with van der Waals surface area (Å²) in [5, 5.41) is 0. The van der Waals surface area contributed by atoms with Gasteiger partial charge in [-0.25, -0.2) is 0 Å². The van der Waals surface area contributed by atoms with E-state index in [4.69, 9.17) is 5.73 Å². The summed E-state index contributed by atoms with van der Waals surface area (Å²) in [7, 11) is 0. The smallest absolute Gasteiger partial charge is 0.251 e. The molecule has 0 saturated carbocycles. The van der Waals surface area contributed by atoms with E-state index in [1.165, 1.54) is 0 Å². The van der Waals surface area contributed by atoms with Crippen molar-refractivity contribution in [2.45, 2.75) is 18.9 Å². The van der Waals surface area contributed by atoms with Gasteiger partial charge in [-0.2, -0.15) is 0 Å². The van der Waals surface area contributed by atoms with Crippen LogP contribution < -0.4 is 11.3 Å². The Labute approximate surface area is 139 Å². The molecule has 2 bridgehead atoms. The Kier molecular flexibility index (Phi) is 3.69. The van der Waals surface area contributed by atoms with Crippen LogP contribution in [0.5, 0.6) is 0 Å². The summed E-state index contributed by atoms with van der Waals surface area (Å²) in [5.41, 5.74) is 8.31. The minimum Gasteiger partial charge on any atom is -0.369 e. The van der Waals surface area contributed by atoms with E-state index in [0.717, 1.165) is 36.3 Å². The Bertz CT molecular complexity index is 831. The van der Waals surface area contributed by atoms with Gasteiger partial charge in [0.1, 0.15) is 0 Å². The van der Waals surface area contributed by atoms with Crippen LogP contribution in [0.4, 0.5) is 0 Å². The van der Waals surface area contributed by atoms with E-state index in [1.807, 2.05) is 16.7 Å². The van der Waals surface area contributed by atoms with Crippen molar-refractivity contribution in [3.05, 3.63) is 52.7 Å². The number of primary amides is 1. The Balaban J connectivity index is 1.72. The summed E-state index contributed by atoms with van der Waals surface area (Å²) in [6, 6.07) is 7.64. The molecule has 2 aromatic rings. The number of aromatic nitrogens is 2. The van der Waals surface area contributed by atoms with Crippen LogP contribution in [0.25, 0.3) is 11.1 Å². The minimum absolute atomic E-state index is 0.0457. The maximum atomic E-state index is 12.6. The van der Waals surface area contributed by atoms with Crippen LogP contribution in [0, 0.1) is 5.92 Å². The van der Waals surface area contributed by atoms with E-state index < -0.39 is 0 Å². The lowest BCUT2D eigenvalue weighted by Gasteiger charge is -2.42. The van der Waals surface area contributed by atoms with Crippen LogP contribution in [0.3, 0.4) is 0 Å². The number of carbonyl (C=O) groups is 1. The number of pyridine rings is 2. The second-order valence-corrected chi connectivity index (χ2v) is 6.82. The summed E-state index contributed by atoms with van der Waals surface area (Å²) >= 11 is 0. The van der Waals surface area contributed by atoms with Crippen molar-refractivity contribution in [2.24, 2.45) is 11.7 Å². The lowest BCUT2D eigenvalue weighted by atomic mass is 9.82. The first-order chi connectivity index (χ1) is 11.6. The highest BCUT2D eigenvalue weighted by Crippen LogP contribution is 2.36. The molecule has 24 heavy (non-hydrogen) atoms. The Hall–Kier alpha value is -2.47. The fourth-order valence-corrected chi connectivity index (χ4v) is 4.11. The molecule has 2 aromatic heterocycles. The van der Waals surface area contributed by atoms with Crippen LogP contribution in [0.1, 0.15) is 18.0 Å². The molecule has 4 heterocycles. The molecule has 6 heteroatoms. The van der Waals surface area contributed by atoms with Crippen molar-refractivity contribution in [1.82, 2.24) is 14.5 Å². The molecule has 2 aliphatic heterocycles. The number of carbonyl (C=O) groups excluding carboxylic acids is 1. The molecule has 1 amide bonds. The molecule has 0 aromatic carbocycles. The number of nitrogens with zero attached hydrogens (tertiary/aromatic N) is 3. The van der Waals surface area contributed by atoms with Crippen molar-refractivity contribution in [2.75, 3.05) is 19.6 Å². The van der Waals surface area contributed by atoms with Crippen LogP contribution in [0.15, 0.2) is 41.5 Å². The highest BCUT2D eigenvalue weighted by molar-refractivity contribution is 5.76. The maximum Gasteiger partial charge on any atom is 0.251 e. The van der Waals surface area contributed by atoms with Gasteiger partial charge in [-0.3, -0.25) is 19.5 Å². The van der Waals surface area contributed by atoms with E-state index in [2.05, 4.69) is 16.0 Å². The number of likely N-dealkylation sites (tertiary alicyclic amines) is 1. The molecule has 0 aliphatic carbocycles. The number of fused-ring (bicyclic) bond motifs is 4. The van der Waals surface area contributed by atoms with Gasteiger partial charge in [-0.1, -0.05) is 6.07 Å². The molecule has 2 aliphatic rings. The third kappa shape index (κ3) is 2.73. The van der Waals surface area contributed by atoms with Gasteiger partial charge in [0, 0.05) is 55.3 Å². The van der Waals surface area contributed by atoms with Gasteiger partial charge in [0.2, 0.25) is 5.91 Å². The van der Waals surface area contributed by atoms with Gasteiger partial charge in [-0.05, 0) is 30.0 Å². The van der Waals surface area contributed by atoms with Gasteiger partial charge >= 0.3 is 0 Å². The summed E-state index contributed by atoms with van der Waals surface area (Å²) in [5.74, 6) is 0.371. The number of piperidine rings is 1. The fraction of sp³-hybridized carbons (Fsp3) is 0.389. The molecule has 2 N–H and O–H groups in total. The molecule has 4 rings (SSSR count). The lowest BCUT2D eigenvalue weighted by molar-refractivity contribution is -0.119. The van der Waals surface area contributed by atoms with Crippen molar-refractivity contribution >= 4 is 5.91 Å². The first-order valence-electron chi connectivity index (χ1n) is 8.26. The van der Waals surface area contributed by atoms with Crippen molar-refractivity contribution in [3.8, 4) is 11.1 Å². The SMILES string of the molecule is NC(=O)CN1C[C@@H]2C[C@H](C1)c1cc(-c3cccnc3)cc(=O)n1C2. The normalized spacial score (nSPS) is 22.8. The number of hydrogen-bond donors (Lipinski definition) is 1. The quantitative estimate of drug-likeness (QED) is 0.906. The van der Waals surface area contributed by atoms with Crippen LogP contribution in [0.2, 0.25) is 0 Å². The monoisotopic (exact) mass is 324 g/mol. The predicted octanol–water partition coefficient (Wildman–Crippen LogP) is 0.815. The van der Waals surface area contributed by atoms with Crippen LogP contribution >= 0.6 is 0 Å². The highest BCUT2D eigenvalue weighted by atomic mass is 16.1. The molecular weight excluding hydrogens is 304 g/mol. The van der Waals surface area contributed by atoms with Crippen molar-refractivity contribution in [1.29, 1.82) is 0 Å². The fourth-order valence-electron chi connectivity index (χ4n) is 4.11. The first kappa shape index (κ1) is 15.1. The predicted molar refractivity (Wildman–Crippen MR) is 90.4 cm³/mol. The van der Waals surface area contributed by atoms with Crippen molar-refractivity contribution in [3.63, 3.8) is 0 Å². The number of rotatable bonds is 3. The van der Waals surface area contributed by atoms with E-state index in [-0.39, 0.29) is 17.4 Å². The molecule has 124 valence electrons. The van der Waals surface area contributed by atoms with Gasteiger partial charge in [-0.15, -0.1) is 0 Å². The van der Waals surface area contributed by atoms with Crippen molar-refractivity contribution < 1.29 is 4.79 Å². The topological polar surface area (TPSA) is 81.2 Å². The Morgan fingerprint density at radius 2 is 2.12 bits per heavy atom. The average molecular weight is 324 g/mol. The summed E-state index contributed by atoms with van der Waals surface area (Å²) in [4.78, 5) is 30.1. The Morgan fingerprint density at radius 3 is 2.88 bits per heavy atom. The second kappa shape index (κ2) is 5.87. The zero-order chi connectivity index (χ0) is 16.7. The Morgan fingerprint density at radius 1 is 1.25 bits per heavy atom. The molecule has 2 atom stereocenters. The molecular formula is C18H20N4O2. The minimum atomic E-state index is -0.295. The number of hydrogen-bond acceptors (Lipinski definition) is 4. The van der Waals surface area contributed by atoms with Gasteiger partial charge < -0.3 is 10.3 Å². The van der Waals surface area contributed by atoms with Gasteiger partial charge in [0.15, 0.2) is 0 Å². The molecule has 0 unspecified atom stereocenters. The van der Waals surface area contributed by atoms with E-state index in [1.54, 1.807) is 18.5 Å². The molecule has 0 radical (unpaired) electrons. The molecule has 6 nitrogen and oxygen atoms in total. The van der Waals surface area contributed by atoms with E-state index in [0.29, 0.717) is 19.0 Å². The first-order valence-corrected chi connectivity index (χ1v) is 8.26. The summed E-state index contributed by atoms with van der Waals surface area (Å²) < 4.78 is 1.90. The standard InChI is InChI=1S/C18H20N4O2/c19-17(23)11-21-8-12-4-15(10-21)16-5-14(6-18(24)22(16)9-12)13-2-1-3-20-7-13/h1-3,5-7,12,15H,4,8-11H2,(H2,19,23)/t12-,15+/m0/s1. The number of amides is 1. The molecule has 1 saturated heterocycles. The zero-order valence-electron chi connectivity index (χ0n) is 13.4. The second-order valence-electron chi connectivity index (χ2n) is 6.82. The third-order valence-corrected chi connectivity index (χ3v) is 5.01.